The Hall–Kier alpha value is -2.00. The highest BCUT2D eigenvalue weighted by molar-refractivity contribution is 7.88. The minimum atomic E-state index is -3.31. The Balaban J connectivity index is 1.82. The maximum absolute atomic E-state index is 12.1. The van der Waals surface area contributed by atoms with Crippen molar-refractivity contribution in [1.29, 1.82) is 0 Å². The van der Waals surface area contributed by atoms with Gasteiger partial charge in [-0.3, -0.25) is 0 Å². The molecule has 0 amide bonds. The summed E-state index contributed by atoms with van der Waals surface area (Å²) in [6.45, 7) is 0.749. The summed E-state index contributed by atoms with van der Waals surface area (Å²) >= 11 is 0. The molecule has 8 nitrogen and oxygen atoms in total. The molecule has 9 heteroatoms. The van der Waals surface area contributed by atoms with E-state index in [-0.39, 0.29) is 6.04 Å². The molecule has 0 saturated carbocycles. The minimum Gasteiger partial charge on any atom is -0.353 e. The van der Waals surface area contributed by atoms with Crippen LogP contribution in [-0.4, -0.2) is 51.1 Å². The van der Waals surface area contributed by atoms with Crippen LogP contribution in [0.2, 0.25) is 0 Å². The number of aryl methyl sites for hydroxylation is 1. The van der Waals surface area contributed by atoms with Crippen LogP contribution in [0.5, 0.6) is 0 Å². The molecular formula is C13H18N6O2S. The van der Waals surface area contributed by atoms with Gasteiger partial charge in [0.2, 0.25) is 16.0 Å². The van der Waals surface area contributed by atoms with Crippen molar-refractivity contribution >= 4 is 16.0 Å². The van der Waals surface area contributed by atoms with Gasteiger partial charge < -0.3 is 9.88 Å². The minimum absolute atomic E-state index is 0.193. The second kappa shape index (κ2) is 5.65. The van der Waals surface area contributed by atoms with Gasteiger partial charge in [-0.05, 0) is 6.07 Å². The summed E-state index contributed by atoms with van der Waals surface area (Å²) in [6, 6.07) is 1.54. The maximum atomic E-state index is 12.1. The van der Waals surface area contributed by atoms with Crippen molar-refractivity contribution < 1.29 is 8.42 Å². The second-order valence-corrected chi connectivity index (χ2v) is 7.30. The van der Waals surface area contributed by atoms with Crippen LogP contribution in [0.15, 0.2) is 24.8 Å². The first-order chi connectivity index (χ1) is 10.4. The monoisotopic (exact) mass is 322 g/mol. The van der Waals surface area contributed by atoms with E-state index in [9.17, 15) is 8.42 Å². The van der Waals surface area contributed by atoms with Gasteiger partial charge in [0.05, 0.1) is 24.8 Å². The number of hydrogen-bond acceptors (Lipinski definition) is 6. The first-order valence-electron chi connectivity index (χ1n) is 6.92. The highest BCUT2D eigenvalue weighted by atomic mass is 32.2. The Labute approximate surface area is 129 Å². The van der Waals surface area contributed by atoms with Crippen LogP contribution in [-0.2, 0) is 30.0 Å². The van der Waals surface area contributed by atoms with Crippen molar-refractivity contribution in [2.45, 2.75) is 19.0 Å². The molecule has 118 valence electrons. The SMILES string of the molecule is Cn1cnc2c1C[C@@H](CNc1ncccn1)N(S(C)(=O)=O)C2. The van der Waals surface area contributed by atoms with Gasteiger partial charge >= 0.3 is 0 Å². The quantitative estimate of drug-likeness (QED) is 0.852. The van der Waals surface area contributed by atoms with E-state index in [0.717, 1.165) is 11.4 Å². The molecule has 0 spiro atoms. The normalized spacial score (nSPS) is 18.9. The van der Waals surface area contributed by atoms with Gasteiger partial charge in [-0.15, -0.1) is 0 Å². The molecular weight excluding hydrogens is 304 g/mol. The molecule has 0 fully saturated rings. The third-order valence-electron chi connectivity index (χ3n) is 3.78. The summed E-state index contributed by atoms with van der Waals surface area (Å²) in [5.74, 6) is 0.492. The van der Waals surface area contributed by atoms with Crippen molar-refractivity contribution in [3.63, 3.8) is 0 Å². The molecule has 22 heavy (non-hydrogen) atoms. The summed E-state index contributed by atoms with van der Waals surface area (Å²) in [6.07, 6.45) is 6.85. The fourth-order valence-corrected chi connectivity index (χ4v) is 3.71. The zero-order chi connectivity index (χ0) is 15.7. The number of fused-ring (bicyclic) bond motifs is 1. The highest BCUT2D eigenvalue weighted by Gasteiger charge is 2.34. The Morgan fingerprint density at radius 3 is 2.73 bits per heavy atom. The van der Waals surface area contributed by atoms with Gasteiger partial charge in [0.25, 0.3) is 0 Å². The molecule has 0 aromatic carbocycles. The molecule has 1 N–H and O–H groups in total. The first kappa shape index (κ1) is 14.9. The fraction of sp³-hybridized carbons (Fsp3) is 0.462. The Bertz CT molecular complexity index is 758. The summed E-state index contributed by atoms with van der Waals surface area (Å²) < 4.78 is 27.5. The molecule has 0 saturated heterocycles. The molecule has 1 atom stereocenters. The lowest BCUT2D eigenvalue weighted by molar-refractivity contribution is 0.296. The zero-order valence-electron chi connectivity index (χ0n) is 12.5. The summed E-state index contributed by atoms with van der Waals surface area (Å²) in [5, 5.41) is 3.10. The molecule has 1 aliphatic rings. The van der Waals surface area contributed by atoms with Gasteiger partial charge in [0, 0.05) is 44.1 Å². The van der Waals surface area contributed by atoms with E-state index < -0.39 is 10.0 Å². The van der Waals surface area contributed by atoms with Crippen LogP contribution in [0.25, 0.3) is 0 Å². The van der Waals surface area contributed by atoms with Gasteiger partial charge in [-0.2, -0.15) is 4.31 Å². The second-order valence-electron chi connectivity index (χ2n) is 5.37. The number of aromatic nitrogens is 4. The van der Waals surface area contributed by atoms with E-state index >= 15 is 0 Å². The number of rotatable bonds is 4. The zero-order valence-corrected chi connectivity index (χ0v) is 13.3. The topological polar surface area (TPSA) is 93.0 Å². The molecule has 0 radical (unpaired) electrons. The number of hydrogen-bond donors (Lipinski definition) is 1. The summed E-state index contributed by atoms with van der Waals surface area (Å²) in [4.78, 5) is 12.5. The average molecular weight is 322 g/mol. The van der Waals surface area contributed by atoms with Gasteiger partial charge in [0.15, 0.2) is 0 Å². The number of nitrogens with zero attached hydrogens (tertiary/aromatic N) is 5. The number of nitrogens with one attached hydrogen (secondary N) is 1. The van der Waals surface area contributed by atoms with E-state index in [1.807, 2.05) is 11.6 Å². The molecule has 0 aliphatic carbocycles. The number of imidazole rings is 1. The molecule has 0 bridgehead atoms. The first-order valence-corrected chi connectivity index (χ1v) is 8.77. The molecule has 1 aliphatic heterocycles. The predicted octanol–water partition coefficient (Wildman–Crippen LogP) is 0.00850. The van der Waals surface area contributed by atoms with E-state index in [1.54, 1.807) is 24.8 Å². The molecule has 0 unspecified atom stereocenters. The standard InChI is InChI=1S/C13H18N6O2S/c1-18-9-17-11-8-19(22(2,20)21)10(6-12(11)18)7-16-13-14-4-3-5-15-13/h3-5,9-10H,6-8H2,1-2H3,(H,14,15,16)/t10-/m0/s1. The average Bonchev–Trinajstić information content (AvgIpc) is 2.85. The van der Waals surface area contributed by atoms with E-state index in [1.165, 1.54) is 10.6 Å². The lowest BCUT2D eigenvalue weighted by Gasteiger charge is -2.33. The number of sulfonamides is 1. The molecule has 3 heterocycles. The van der Waals surface area contributed by atoms with Crippen molar-refractivity contribution in [2.24, 2.45) is 7.05 Å². The maximum Gasteiger partial charge on any atom is 0.222 e. The van der Waals surface area contributed by atoms with Crippen LogP contribution in [0, 0.1) is 0 Å². The Kier molecular flexibility index (Phi) is 3.83. The van der Waals surface area contributed by atoms with Crippen LogP contribution in [0.3, 0.4) is 0 Å². The van der Waals surface area contributed by atoms with Gasteiger partial charge in [0.1, 0.15) is 0 Å². The molecule has 3 rings (SSSR count). The van der Waals surface area contributed by atoms with Crippen LogP contribution < -0.4 is 5.32 Å². The van der Waals surface area contributed by atoms with Gasteiger partial charge in [-0.1, -0.05) is 0 Å². The van der Waals surface area contributed by atoms with Crippen molar-refractivity contribution in [1.82, 2.24) is 23.8 Å². The molecule has 2 aromatic heterocycles. The summed E-state index contributed by atoms with van der Waals surface area (Å²) in [7, 11) is -1.39. The predicted molar refractivity (Wildman–Crippen MR) is 81.6 cm³/mol. The Morgan fingerprint density at radius 2 is 2.05 bits per heavy atom. The van der Waals surface area contributed by atoms with E-state index in [4.69, 9.17) is 0 Å². The van der Waals surface area contributed by atoms with Crippen molar-refractivity contribution in [3.8, 4) is 0 Å². The Morgan fingerprint density at radius 1 is 1.32 bits per heavy atom. The van der Waals surface area contributed by atoms with Crippen LogP contribution >= 0.6 is 0 Å². The lowest BCUT2D eigenvalue weighted by Crippen LogP contribution is -2.47. The third-order valence-corrected chi connectivity index (χ3v) is 5.05. The van der Waals surface area contributed by atoms with Crippen LogP contribution in [0.4, 0.5) is 5.95 Å². The van der Waals surface area contributed by atoms with Crippen molar-refractivity contribution in [2.75, 3.05) is 18.1 Å². The number of anilines is 1. The third kappa shape index (κ3) is 2.95. The summed E-state index contributed by atoms with van der Waals surface area (Å²) in [5.41, 5.74) is 1.89. The van der Waals surface area contributed by atoms with E-state index in [2.05, 4.69) is 20.3 Å². The highest BCUT2D eigenvalue weighted by Crippen LogP contribution is 2.24. The van der Waals surface area contributed by atoms with Gasteiger partial charge in [-0.25, -0.2) is 23.4 Å². The fourth-order valence-electron chi connectivity index (χ4n) is 2.66. The van der Waals surface area contributed by atoms with Crippen LogP contribution in [0.1, 0.15) is 11.4 Å². The van der Waals surface area contributed by atoms with E-state index in [0.29, 0.717) is 25.5 Å². The molecule has 2 aromatic rings. The lowest BCUT2D eigenvalue weighted by atomic mass is 10.1. The smallest absolute Gasteiger partial charge is 0.222 e. The largest absolute Gasteiger partial charge is 0.353 e. The van der Waals surface area contributed by atoms with Crippen molar-refractivity contribution in [3.05, 3.63) is 36.2 Å².